The number of aromatic nitrogens is 1. The Hall–Kier alpha value is -3.58. The van der Waals surface area contributed by atoms with Crippen LogP contribution in [-0.4, -0.2) is 16.0 Å². The summed E-state index contributed by atoms with van der Waals surface area (Å²) in [5.41, 5.74) is 7.54. The van der Waals surface area contributed by atoms with Gasteiger partial charge in [-0.1, -0.05) is 53.8 Å². The molecule has 0 aliphatic rings. The zero-order chi connectivity index (χ0) is 19.5. The number of primary amides is 1. The summed E-state index contributed by atoms with van der Waals surface area (Å²) < 4.78 is 0. The van der Waals surface area contributed by atoms with Crippen LogP contribution >= 0.6 is 11.3 Å². The number of aromatic hydroxyl groups is 1. The van der Waals surface area contributed by atoms with Crippen LogP contribution in [0.4, 0.5) is 15.8 Å². The van der Waals surface area contributed by atoms with Gasteiger partial charge < -0.3 is 21.5 Å². The maximum Gasteiger partial charge on any atom is 0.270 e. The molecule has 0 fully saturated rings. The summed E-state index contributed by atoms with van der Waals surface area (Å²) in [7, 11) is 0. The van der Waals surface area contributed by atoms with Crippen molar-refractivity contribution in [1.82, 2.24) is 4.98 Å². The number of hydrogen-bond donors (Lipinski definition) is 4. The van der Waals surface area contributed by atoms with Crippen LogP contribution in [0.3, 0.4) is 0 Å². The summed E-state index contributed by atoms with van der Waals surface area (Å²) in [5, 5.41) is 19.3. The van der Waals surface area contributed by atoms with E-state index in [-0.39, 0.29) is 11.4 Å². The van der Waals surface area contributed by atoms with Crippen molar-refractivity contribution in [1.29, 1.82) is 0 Å². The molecule has 4 aromatic rings. The van der Waals surface area contributed by atoms with E-state index in [4.69, 9.17) is 5.73 Å². The van der Waals surface area contributed by atoms with E-state index in [2.05, 4.69) is 21.7 Å². The Labute approximate surface area is 165 Å². The molecule has 0 saturated carbocycles. The molecule has 0 unspecified atom stereocenters. The van der Waals surface area contributed by atoms with Gasteiger partial charge in [-0.3, -0.25) is 4.79 Å². The minimum atomic E-state index is -0.587. The highest BCUT2D eigenvalue weighted by Gasteiger charge is 2.16. The first-order valence-electron chi connectivity index (χ1n) is 8.67. The van der Waals surface area contributed by atoms with Crippen molar-refractivity contribution < 1.29 is 9.90 Å². The summed E-state index contributed by atoms with van der Waals surface area (Å²) >= 11 is 1.33. The Morgan fingerprint density at radius 1 is 1.04 bits per heavy atom. The minimum absolute atomic E-state index is 0.201. The van der Waals surface area contributed by atoms with Gasteiger partial charge in [-0.15, -0.1) is 0 Å². The predicted molar refractivity (Wildman–Crippen MR) is 113 cm³/mol. The molecule has 0 bridgehead atoms. The third kappa shape index (κ3) is 3.89. The molecule has 0 radical (unpaired) electrons. The van der Waals surface area contributed by atoms with E-state index in [1.807, 2.05) is 48.5 Å². The van der Waals surface area contributed by atoms with Crippen molar-refractivity contribution in [2.24, 2.45) is 5.73 Å². The van der Waals surface area contributed by atoms with Crippen LogP contribution in [-0.2, 0) is 6.54 Å². The number of fused-ring (bicyclic) bond motifs is 1. The van der Waals surface area contributed by atoms with Crippen LogP contribution in [0.1, 0.15) is 16.1 Å². The number of thiazole rings is 1. The van der Waals surface area contributed by atoms with Crippen molar-refractivity contribution in [3.63, 3.8) is 0 Å². The van der Waals surface area contributed by atoms with Gasteiger partial charge in [0, 0.05) is 12.2 Å². The van der Waals surface area contributed by atoms with E-state index in [1.54, 1.807) is 12.1 Å². The van der Waals surface area contributed by atoms with Crippen LogP contribution < -0.4 is 16.4 Å². The first-order chi connectivity index (χ1) is 13.6. The zero-order valence-corrected chi connectivity index (χ0v) is 15.7. The molecule has 1 aromatic heterocycles. The molecule has 5 N–H and O–H groups in total. The summed E-state index contributed by atoms with van der Waals surface area (Å²) in [4.78, 5) is 16.1. The van der Waals surface area contributed by atoms with Gasteiger partial charge >= 0.3 is 0 Å². The average Bonchev–Trinajstić information content (AvgIpc) is 3.10. The van der Waals surface area contributed by atoms with E-state index in [0.29, 0.717) is 16.7 Å². The maximum atomic E-state index is 11.8. The molecule has 1 amide bonds. The number of phenols is 1. The SMILES string of the molecule is NC(=O)c1nc(Nc2ccc3ccccc3c2)sc1NCc1ccc(O)cc1. The number of nitrogens with zero attached hydrogens (tertiary/aromatic N) is 1. The van der Waals surface area contributed by atoms with Gasteiger partial charge in [0.05, 0.1) is 0 Å². The van der Waals surface area contributed by atoms with Crippen molar-refractivity contribution in [2.75, 3.05) is 10.6 Å². The van der Waals surface area contributed by atoms with Crippen LogP contribution in [0.25, 0.3) is 10.8 Å². The maximum absolute atomic E-state index is 11.8. The van der Waals surface area contributed by atoms with E-state index < -0.39 is 5.91 Å². The minimum Gasteiger partial charge on any atom is -0.508 e. The van der Waals surface area contributed by atoms with Crippen molar-refractivity contribution in [3.05, 3.63) is 78.0 Å². The molecule has 0 atom stereocenters. The van der Waals surface area contributed by atoms with Crippen molar-refractivity contribution in [3.8, 4) is 5.75 Å². The number of carbonyl (C=O) groups excluding carboxylic acids is 1. The average molecular weight is 390 g/mol. The molecule has 0 spiro atoms. The molecule has 4 rings (SSSR count). The molecular formula is C21H18N4O2S. The fourth-order valence-corrected chi connectivity index (χ4v) is 3.73. The summed E-state index contributed by atoms with van der Waals surface area (Å²) in [6, 6.07) is 21.0. The summed E-state index contributed by atoms with van der Waals surface area (Å²) in [6.45, 7) is 0.484. The van der Waals surface area contributed by atoms with Crippen LogP contribution in [0.15, 0.2) is 66.7 Å². The van der Waals surface area contributed by atoms with Crippen LogP contribution in [0, 0.1) is 0 Å². The summed E-state index contributed by atoms with van der Waals surface area (Å²) in [6.07, 6.45) is 0. The lowest BCUT2D eigenvalue weighted by atomic mass is 10.1. The van der Waals surface area contributed by atoms with Gasteiger partial charge in [0.2, 0.25) is 0 Å². The number of phenolic OH excluding ortho intramolecular Hbond substituents is 1. The first-order valence-corrected chi connectivity index (χ1v) is 9.48. The molecule has 7 heteroatoms. The molecule has 3 aromatic carbocycles. The van der Waals surface area contributed by atoms with E-state index in [0.717, 1.165) is 22.0 Å². The third-order valence-electron chi connectivity index (χ3n) is 4.25. The lowest BCUT2D eigenvalue weighted by molar-refractivity contribution is 0.0997. The van der Waals surface area contributed by atoms with E-state index in [1.165, 1.54) is 11.3 Å². The van der Waals surface area contributed by atoms with E-state index >= 15 is 0 Å². The molecule has 6 nitrogen and oxygen atoms in total. The highest BCUT2D eigenvalue weighted by Crippen LogP contribution is 2.31. The van der Waals surface area contributed by atoms with E-state index in [9.17, 15) is 9.90 Å². The number of carbonyl (C=O) groups is 1. The number of anilines is 3. The smallest absolute Gasteiger partial charge is 0.270 e. The largest absolute Gasteiger partial charge is 0.508 e. The van der Waals surface area contributed by atoms with Crippen molar-refractivity contribution >= 4 is 43.8 Å². The number of benzene rings is 3. The molecule has 28 heavy (non-hydrogen) atoms. The molecule has 1 heterocycles. The molecule has 0 aliphatic carbocycles. The zero-order valence-electron chi connectivity index (χ0n) is 14.8. The Kier molecular flexibility index (Phi) is 4.82. The normalized spacial score (nSPS) is 10.7. The van der Waals surface area contributed by atoms with Gasteiger partial charge in [-0.2, -0.15) is 0 Å². The lowest BCUT2D eigenvalue weighted by Crippen LogP contribution is -2.14. The van der Waals surface area contributed by atoms with Gasteiger partial charge in [-0.25, -0.2) is 4.98 Å². The summed E-state index contributed by atoms with van der Waals surface area (Å²) in [5.74, 6) is -0.378. The highest BCUT2D eigenvalue weighted by atomic mass is 32.1. The van der Waals surface area contributed by atoms with Gasteiger partial charge in [-0.05, 0) is 40.6 Å². The van der Waals surface area contributed by atoms with Gasteiger partial charge in [0.1, 0.15) is 10.8 Å². The Morgan fingerprint density at radius 2 is 1.79 bits per heavy atom. The standard InChI is InChI=1S/C21H18N4O2S/c22-19(27)18-20(23-12-13-5-9-17(26)10-6-13)28-21(25-18)24-16-8-7-14-3-1-2-4-15(14)11-16/h1-11,23,26H,12H2,(H2,22,27)(H,24,25). The highest BCUT2D eigenvalue weighted by molar-refractivity contribution is 7.19. The molecule has 140 valence electrons. The second-order valence-corrected chi connectivity index (χ2v) is 7.27. The fourth-order valence-electron chi connectivity index (χ4n) is 2.85. The number of amides is 1. The molecular weight excluding hydrogens is 372 g/mol. The topological polar surface area (TPSA) is 100 Å². The fraction of sp³-hybridized carbons (Fsp3) is 0.0476. The number of rotatable bonds is 6. The Morgan fingerprint density at radius 3 is 2.54 bits per heavy atom. The lowest BCUT2D eigenvalue weighted by Gasteiger charge is -2.05. The van der Waals surface area contributed by atoms with Gasteiger partial charge in [0.25, 0.3) is 5.91 Å². The third-order valence-corrected chi connectivity index (χ3v) is 5.18. The first kappa shape index (κ1) is 17.8. The number of nitrogens with two attached hydrogens (primary N) is 1. The van der Waals surface area contributed by atoms with Crippen molar-refractivity contribution in [2.45, 2.75) is 6.54 Å². The van der Waals surface area contributed by atoms with Crippen LogP contribution in [0.2, 0.25) is 0 Å². The quantitative estimate of drug-likeness (QED) is 0.390. The second kappa shape index (κ2) is 7.58. The predicted octanol–water partition coefficient (Wildman–Crippen LogP) is 4.46. The Bertz CT molecular complexity index is 1140. The monoisotopic (exact) mass is 390 g/mol. The molecule has 0 saturated heterocycles. The van der Waals surface area contributed by atoms with Gasteiger partial charge in [0.15, 0.2) is 10.8 Å². The number of hydrogen-bond acceptors (Lipinski definition) is 6. The number of nitrogens with one attached hydrogen (secondary N) is 2. The van der Waals surface area contributed by atoms with Crippen LogP contribution in [0.5, 0.6) is 5.75 Å². The second-order valence-electron chi connectivity index (χ2n) is 6.27. The Balaban J connectivity index is 1.54. The molecule has 0 aliphatic heterocycles.